The lowest BCUT2D eigenvalue weighted by Crippen LogP contribution is -2.32. The van der Waals surface area contributed by atoms with Gasteiger partial charge in [0.25, 0.3) is 0 Å². The Bertz CT molecular complexity index is 124. The van der Waals surface area contributed by atoms with Crippen molar-refractivity contribution in [1.82, 2.24) is 0 Å². The molecule has 10 heavy (non-hydrogen) atoms. The molecule has 0 saturated heterocycles. The molecular weight excluding hydrogens is 132 g/mol. The van der Waals surface area contributed by atoms with Crippen molar-refractivity contribution in [2.45, 2.75) is 31.5 Å². The van der Waals surface area contributed by atoms with Crippen LogP contribution in [0.3, 0.4) is 0 Å². The van der Waals surface area contributed by atoms with Crippen molar-refractivity contribution in [3.63, 3.8) is 0 Å². The van der Waals surface area contributed by atoms with Crippen LogP contribution in [0.1, 0.15) is 19.3 Å². The maximum absolute atomic E-state index is 10.1. The molecule has 0 aliphatic heterocycles. The molecule has 0 bridgehead atoms. The van der Waals surface area contributed by atoms with E-state index in [0.29, 0.717) is 19.3 Å². The quantitative estimate of drug-likeness (QED) is 0.526. The SMILES string of the molecule is O=[C]C1CC(O)CCC1O. The molecule has 0 aromatic rings. The van der Waals surface area contributed by atoms with Crippen molar-refractivity contribution in [3.05, 3.63) is 0 Å². The van der Waals surface area contributed by atoms with Crippen molar-refractivity contribution >= 4 is 6.29 Å². The number of carbonyl (C=O) groups excluding carboxylic acids is 1. The summed E-state index contributed by atoms with van der Waals surface area (Å²) in [4.78, 5) is 10.1. The van der Waals surface area contributed by atoms with Crippen LogP contribution >= 0.6 is 0 Å². The van der Waals surface area contributed by atoms with Gasteiger partial charge in [0.1, 0.15) is 0 Å². The number of aliphatic hydroxyl groups excluding tert-OH is 2. The topological polar surface area (TPSA) is 57.5 Å². The fourth-order valence-electron chi connectivity index (χ4n) is 1.26. The third-order valence-electron chi connectivity index (χ3n) is 1.94. The van der Waals surface area contributed by atoms with Gasteiger partial charge in [0.05, 0.1) is 18.1 Å². The second kappa shape index (κ2) is 3.12. The number of hydrogen-bond donors (Lipinski definition) is 2. The molecular formula is C7H11O3. The Labute approximate surface area is 59.7 Å². The van der Waals surface area contributed by atoms with E-state index in [2.05, 4.69) is 0 Å². The van der Waals surface area contributed by atoms with Gasteiger partial charge >= 0.3 is 0 Å². The summed E-state index contributed by atoms with van der Waals surface area (Å²) in [5.41, 5.74) is 0. The highest BCUT2D eigenvalue weighted by Crippen LogP contribution is 2.22. The molecule has 1 fully saturated rings. The molecule has 0 aromatic carbocycles. The zero-order chi connectivity index (χ0) is 7.56. The molecule has 1 aliphatic carbocycles. The van der Waals surface area contributed by atoms with E-state index >= 15 is 0 Å². The molecule has 0 aromatic heterocycles. The first-order chi connectivity index (χ1) is 4.74. The van der Waals surface area contributed by atoms with Gasteiger partial charge in [-0.05, 0) is 19.3 Å². The zero-order valence-electron chi connectivity index (χ0n) is 5.66. The predicted octanol–water partition coefficient (Wildman–Crippen LogP) is -0.382. The van der Waals surface area contributed by atoms with E-state index in [4.69, 9.17) is 10.2 Å². The summed E-state index contributed by atoms with van der Waals surface area (Å²) < 4.78 is 0. The maximum atomic E-state index is 10.1. The van der Waals surface area contributed by atoms with Crippen LogP contribution in [0.5, 0.6) is 0 Å². The summed E-state index contributed by atoms with van der Waals surface area (Å²) >= 11 is 0. The van der Waals surface area contributed by atoms with E-state index in [0.717, 1.165) is 0 Å². The van der Waals surface area contributed by atoms with Crippen molar-refractivity contribution in [3.8, 4) is 0 Å². The first-order valence-corrected chi connectivity index (χ1v) is 3.48. The average molecular weight is 143 g/mol. The van der Waals surface area contributed by atoms with E-state index in [1.165, 1.54) is 0 Å². The number of rotatable bonds is 1. The fraction of sp³-hybridized carbons (Fsp3) is 0.857. The van der Waals surface area contributed by atoms with Crippen molar-refractivity contribution in [1.29, 1.82) is 0 Å². The molecule has 1 saturated carbocycles. The van der Waals surface area contributed by atoms with Gasteiger partial charge in [-0.3, -0.25) is 4.79 Å². The molecule has 3 nitrogen and oxygen atoms in total. The molecule has 3 unspecified atom stereocenters. The second-order valence-electron chi connectivity index (χ2n) is 2.76. The van der Waals surface area contributed by atoms with E-state index in [9.17, 15) is 4.79 Å². The third kappa shape index (κ3) is 1.55. The van der Waals surface area contributed by atoms with Crippen LogP contribution < -0.4 is 0 Å². The van der Waals surface area contributed by atoms with Crippen molar-refractivity contribution < 1.29 is 15.0 Å². The number of hydrogen-bond acceptors (Lipinski definition) is 3. The van der Waals surface area contributed by atoms with Crippen LogP contribution in [0, 0.1) is 5.92 Å². The maximum Gasteiger partial charge on any atom is 0.204 e. The van der Waals surface area contributed by atoms with Gasteiger partial charge in [-0.1, -0.05) is 0 Å². The zero-order valence-corrected chi connectivity index (χ0v) is 5.66. The lowest BCUT2D eigenvalue weighted by Gasteiger charge is -2.25. The average Bonchev–Trinajstić information content (AvgIpc) is 1.94. The van der Waals surface area contributed by atoms with Crippen LogP contribution in [-0.4, -0.2) is 28.7 Å². The molecule has 1 radical (unpaired) electrons. The monoisotopic (exact) mass is 143 g/mol. The molecule has 1 rings (SSSR count). The molecule has 1 aliphatic rings. The normalized spacial score (nSPS) is 41.2. The van der Waals surface area contributed by atoms with E-state index in [1.807, 2.05) is 0 Å². The van der Waals surface area contributed by atoms with Crippen molar-refractivity contribution in [2.24, 2.45) is 5.92 Å². The van der Waals surface area contributed by atoms with Gasteiger partial charge in [-0.2, -0.15) is 0 Å². The van der Waals surface area contributed by atoms with E-state index in [-0.39, 0.29) is 0 Å². The summed E-state index contributed by atoms with van der Waals surface area (Å²) in [6.07, 6.45) is 2.20. The van der Waals surface area contributed by atoms with Crippen LogP contribution in [0.2, 0.25) is 0 Å². The highest BCUT2D eigenvalue weighted by atomic mass is 16.3. The molecule has 2 N–H and O–H groups in total. The molecule has 0 amide bonds. The van der Waals surface area contributed by atoms with Gasteiger partial charge in [0, 0.05) is 0 Å². The molecule has 0 heterocycles. The van der Waals surface area contributed by atoms with Gasteiger partial charge < -0.3 is 10.2 Å². The Hall–Kier alpha value is -0.410. The van der Waals surface area contributed by atoms with Gasteiger partial charge in [0.15, 0.2) is 0 Å². The minimum atomic E-state index is -0.583. The first kappa shape index (κ1) is 7.69. The summed E-state index contributed by atoms with van der Waals surface area (Å²) in [5.74, 6) is -0.469. The van der Waals surface area contributed by atoms with Gasteiger partial charge in [-0.25, -0.2) is 0 Å². The third-order valence-corrected chi connectivity index (χ3v) is 1.94. The van der Waals surface area contributed by atoms with Gasteiger partial charge in [0.2, 0.25) is 6.29 Å². The minimum absolute atomic E-state index is 0.366. The Balaban J connectivity index is 2.45. The summed E-state index contributed by atoms with van der Waals surface area (Å²) in [7, 11) is 0. The van der Waals surface area contributed by atoms with Crippen LogP contribution in [-0.2, 0) is 4.79 Å². The Morgan fingerprint density at radius 2 is 2.00 bits per heavy atom. The summed E-state index contributed by atoms with van der Waals surface area (Å²) in [6.45, 7) is 0. The fourth-order valence-corrected chi connectivity index (χ4v) is 1.26. The van der Waals surface area contributed by atoms with Crippen molar-refractivity contribution in [2.75, 3.05) is 0 Å². The Kier molecular flexibility index (Phi) is 2.40. The van der Waals surface area contributed by atoms with E-state index in [1.54, 1.807) is 6.29 Å². The molecule has 3 atom stereocenters. The van der Waals surface area contributed by atoms with Crippen LogP contribution in [0.4, 0.5) is 0 Å². The second-order valence-corrected chi connectivity index (χ2v) is 2.76. The largest absolute Gasteiger partial charge is 0.393 e. The number of aliphatic hydroxyl groups is 2. The smallest absolute Gasteiger partial charge is 0.204 e. The highest BCUT2D eigenvalue weighted by Gasteiger charge is 2.27. The Morgan fingerprint density at radius 1 is 1.30 bits per heavy atom. The molecule has 0 spiro atoms. The van der Waals surface area contributed by atoms with Crippen LogP contribution in [0.15, 0.2) is 0 Å². The van der Waals surface area contributed by atoms with Crippen LogP contribution in [0.25, 0.3) is 0 Å². The van der Waals surface area contributed by atoms with Gasteiger partial charge in [-0.15, -0.1) is 0 Å². The Morgan fingerprint density at radius 3 is 2.50 bits per heavy atom. The lowest BCUT2D eigenvalue weighted by molar-refractivity contribution is 0.0305. The highest BCUT2D eigenvalue weighted by molar-refractivity contribution is 5.55. The first-order valence-electron chi connectivity index (χ1n) is 3.48. The minimum Gasteiger partial charge on any atom is -0.393 e. The lowest BCUT2D eigenvalue weighted by atomic mass is 9.86. The van der Waals surface area contributed by atoms with E-state index < -0.39 is 18.1 Å². The standard InChI is InChI=1S/C7H11O3/c8-4-5-3-6(9)1-2-7(5)10/h5-7,9-10H,1-3H2. The molecule has 57 valence electrons. The predicted molar refractivity (Wildman–Crippen MR) is 35.0 cm³/mol. The summed E-state index contributed by atoms with van der Waals surface area (Å²) in [6, 6.07) is 0. The summed E-state index contributed by atoms with van der Waals surface area (Å²) in [5, 5.41) is 18.2. The molecule has 3 heteroatoms.